The Morgan fingerprint density at radius 1 is 0.895 bits per heavy atom. The second-order valence-electron chi connectivity index (χ2n) is 4.38. The van der Waals surface area contributed by atoms with Crippen LogP contribution in [0.1, 0.15) is 23.6 Å². The maximum atomic E-state index is 5.70. The predicted molar refractivity (Wildman–Crippen MR) is 89.5 cm³/mol. The smallest absolute Gasteiger partial charge is 0.0545 e. The molecule has 0 bridgehead atoms. The normalized spacial score (nSPS) is 13.8. The largest absolute Gasteiger partial charge is 0.125 e. The van der Waals surface area contributed by atoms with Crippen molar-refractivity contribution in [3.63, 3.8) is 0 Å². The first-order valence-corrected chi connectivity index (χ1v) is 7.79. The van der Waals surface area contributed by atoms with Crippen LogP contribution in [0, 0.1) is 0 Å². The summed E-state index contributed by atoms with van der Waals surface area (Å²) >= 11 is 7.58. The minimum Gasteiger partial charge on any atom is -0.125 e. The third-order valence-electron chi connectivity index (χ3n) is 3.22. The molecule has 0 atom stereocenters. The van der Waals surface area contributed by atoms with Gasteiger partial charge in [-0.05, 0) is 16.9 Å². The van der Waals surface area contributed by atoms with Crippen LogP contribution in [0.4, 0.5) is 0 Å². The van der Waals surface area contributed by atoms with Gasteiger partial charge in [0.2, 0.25) is 0 Å². The molecule has 0 heterocycles. The van der Waals surface area contributed by atoms with Gasteiger partial charge < -0.3 is 0 Å². The van der Waals surface area contributed by atoms with Gasteiger partial charge in [0.15, 0.2) is 0 Å². The Bertz CT molecular complexity index is 654. The lowest BCUT2D eigenvalue weighted by Crippen LogP contribution is -1.96. The highest BCUT2D eigenvalue weighted by atomic mass is 32.2. The summed E-state index contributed by atoms with van der Waals surface area (Å²) < 4.78 is 0. The molecular formula is C17H14S2. The zero-order chi connectivity index (χ0) is 13.2. The Kier molecular flexibility index (Phi) is 3.54. The van der Waals surface area contributed by atoms with Crippen molar-refractivity contribution in [3.8, 4) is 0 Å². The Morgan fingerprint density at radius 3 is 2.21 bits per heavy atom. The molecule has 0 N–H and O–H groups in total. The summed E-state index contributed by atoms with van der Waals surface area (Å²) in [5, 5.41) is 0. The first kappa shape index (κ1) is 12.6. The highest BCUT2D eigenvalue weighted by molar-refractivity contribution is 8.08. The summed E-state index contributed by atoms with van der Waals surface area (Å²) in [4.78, 5) is 2.31. The Morgan fingerprint density at radius 2 is 1.53 bits per heavy atom. The molecule has 0 amide bonds. The number of thiocarbonyl (C=S) groups is 1. The van der Waals surface area contributed by atoms with E-state index in [2.05, 4.69) is 55.5 Å². The zero-order valence-corrected chi connectivity index (χ0v) is 12.4. The van der Waals surface area contributed by atoms with Gasteiger partial charge in [0.05, 0.1) is 4.86 Å². The molecule has 0 fully saturated rings. The molecule has 0 radical (unpaired) electrons. The van der Waals surface area contributed by atoms with Crippen LogP contribution in [-0.2, 0) is 0 Å². The van der Waals surface area contributed by atoms with Crippen molar-refractivity contribution in [2.75, 3.05) is 5.75 Å². The average Bonchev–Trinajstić information content (AvgIpc) is 2.74. The van der Waals surface area contributed by atoms with Crippen molar-refractivity contribution in [1.82, 2.24) is 0 Å². The number of benzene rings is 2. The van der Waals surface area contributed by atoms with Gasteiger partial charge in [-0.1, -0.05) is 73.7 Å². The average molecular weight is 282 g/mol. The summed E-state index contributed by atoms with van der Waals surface area (Å²) in [6.07, 6.45) is 0. The highest BCUT2D eigenvalue weighted by Crippen LogP contribution is 2.44. The standard InChI is InChI=1S/C17H14S2/c1-2-19-17-14-11-7-6-10-13(14)16(18)15(17)12-8-4-3-5-9-12/h3-11H,2H2,1H3. The van der Waals surface area contributed by atoms with Crippen LogP contribution in [0.5, 0.6) is 0 Å². The molecule has 0 saturated carbocycles. The van der Waals surface area contributed by atoms with E-state index in [0.29, 0.717) is 0 Å². The fraction of sp³-hybridized carbons (Fsp3) is 0.118. The molecule has 0 saturated heterocycles. The van der Waals surface area contributed by atoms with Crippen LogP contribution >= 0.6 is 24.0 Å². The number of hydrogen-bond acceptors (Lipinski definition) is 2. The van der Waals surface area contributed by atoms with Gasteiger partial charge in [-0.2, -0.15) is 0 Å². The highest BCUT2D eigenvalue weighted by Gasteiger charge is 2.26. The van der Waals surface area contributed by atoms with Crippen molar-refractivity contribution >= 4 is 39.3 Å². The molecule has 3 rings (SSSR count). The van der Waals surface area contributed by atoms with Gasteiger partial charge in [0, 0.05) is 16.0 Å². The second-order valence-corrected chi connectivity index (χ2v) is 6.06. The van der Waals surface area contributed by atoms with Gasteiger partial charge in [-0.25, -0.2) is 0 Å². The number of allylic oxidation sites excluding steroid dienone is 1. The molecule has 2 aromatic rings. The fourth-order valence-corrected chi connectivity index (χ4v) is 3.86. The van der Waals surface area contributed by atoms with E-state index in [1.54, 1.807) is 0 Å². The maximum absolute atomic E-state index is 5.70. The first-order valence-electron chi connectivity index (χ1n) is 6.39. The van der Waals surface area contributed by atoms with Gasteiger partial charge in [0.1, 0.15) is 0 Å². The second kappa shape index (κ2) is 5.32. The molecule has 2 aromatic carbocycles. The molecule has 1 aliphatic carbocycles. The maximum Gasteiger partial charge on any atom is 0.0545 e. The molecule has 0 aliphatic heterocycles. The molecule has 2 heteroatoms. The van der Waals surface area contributed by atoms with E-state index in [4.69, 9.17) is 12.2 Å². The van der Waals surface area contributed by atoms with E-state index >= 15 is 0 Å². The molecule has 0 unspecified atom stereocenters. The molecule has 1 aliphatic rings. The predicted octanol–water partition coefficient (Wildman–Crippen LogP) is 5.04. The van der Waals surface area contributed by atoms with Crippen LogP contribution in [0.3, 0.4) is 0 Å². The van der Waals surface area contributed by atoms with Gasteiger partial charge in [0.25, 0.3) is 0 Å². The van der Waals surface area contributed by atoms with E-state index in [0.717, 1.165) is 10.6 Å². The van der Waals surface area contributed by atoms with Crippen molar-refractivity contribution in [2.45, 2.75) is 6.92 Å². The molecule has 0 spiro atoms. The van der Waals surface area contributed by atoms with E-state index in [1.807, 2.05) is 17.8 Å². The summed E-state index contributed by atoms with van der Waals surface area (Å²) in [7, 11) is 0. The van der Waals surface area contributed by atoms with Crippen molar-refractivity contribution in [2.24, 2.45) is 0 Å². The third-order valence-corrected chi connectivity index (χ3v) is 4.65. The Labute approximate surface area is 123 Å². The lowest BCUT2D eigenvalue weighted by Gasteiger charge is -2.07. The van der Waals surface area contributed by atoms with Crippen molar-refractivity contribution in [1.29, 1.82) is 0 Å². The van der Waals surface area contributed by atoms with Crippen LogP contribution in [0.15, 0.2) is 54.6 Å². The van der Waals surface area contributed by atoms with E-state index in [-0.39, 0.29) is 0 Å². The van der Waals surface area contributed by atoms with Crippen molar-refractivity contribution in [3.05, 3.63) is 71.3 Å². The summed E-state index contributed by atoms with van der Waals surface area (Å²) in [5.41, 5.74) is 4.94. The summed E-state index contributed by atoms with van der Waals surface area (Å²) in [5.74, 6) is 1.06. The first-order chi connectivity index (χ1) is 9.33. The molecule has 0 aromatic heterocycles. The topological polar surface area (TPSA) is 0 Å². The van der Waals surface area contributed by atoms with Crippen LogP contribution in [-0.4, -0.2) is 10.6 Å². The van der Waals surface area contributed by atoms with Crippen LogP contribution < -0.4 is 0 Å². The third kappa shape index (κ3) is 2.15. The number of rotatable bonds is 3. The van der Waals surface area contributed by atoms with E-state index in [1.165, 1.54) is 27.2 Å². The SMILES string of the molecule is CCSC1=C(c2ccccc2)C(=S)c2ccccc21. The van der Waals surface area contributed by atoms with Crippen LogP contribution in [0.25, 0.3) is 10.5 Å². The summed E-state index contributed by atoms with van der Waals surface area (Å²) in [6, 6.07) is 18.9. The lowest BCUT2D eigenvalue weighted by molar-refractivity contribution is 1.53. The fourth-order valence-electron chi connectivity index (χ4n) is 2.41. The van der Waals surface area contributed by atoms with Gasteiger partial charge >= 0.3 is 0 Å². The minimum absolute atomic E-state index is 0.984. The van der Waals surface area contributed by atoms with Crippen molar-refractivity contribution < 1.29 is 0 Å². The summed E-state index contributed by atoms with van der Waals surface area (Å²) in [6.45, 7) is 2.18. The van der Waals surface area contributed by atoms with Gasteiger partial charge in [-0.15, -0.1) is 11.8 Å². The van der Waals surface area contributed by atoms with Crippen LogP contribution in [0.2, 0.25) is 0 Å². The minimum atomic E-state index is 0.984. The monoisotopic (exact) mass is 282 g/mol. The molecule has 0 nitrogen and oxygen atoms in total. The molecular weight excluding hydrogens is 268 g/mol. The number of hydrogen-bond donors (Lipinski definition) is 0. The quantitative estimate of drug-likeness (QED) is 0.723. The number of thioether (sulfide) groups is 1. The Balaban J connectivity index is 2.21. The van der Waals surface area contributed by atoms with E-state index in [9.17, 15) is 0 Å². The molecule has 94 valence electrons. The van der Waals surface area contributed by atoms with Gasteiger partial charge in [-0.3, -0.25) is 0 Å². The lowest BCUT2D eigenvalue weighted by atomic mass is 10.0. The molecule has 19 heavy (non-hydrogen) atoms. The Hall–Kier alpha value is -1.38. The van der Waals surface area contributed by atoms with E-state index < -0.39 is 0 Å². The number of fused-ring (bicyclic) bond motifs is 1. The zero-order valence-electron chi connectivity index (χ0n) is 10.7.